The predicted octanol–water partition coefficient (Wildman–Crippen LogP) is 2.72. The van der Waals surface area contributed by atoms with E-state index in [1.807, 2.05) is 0 Å². The molecule has 2 aliphatic carbocycles. The lowest BCUT2D eigenvalue weighted by molar-refractivity contribution is -0.226. The SMILES string of the molecule is C=C1[C@@H]2[C@H](OC(C)=O)[C@]3(O)[C@H](/C=C(/C)CC[C@H](OC(C)=O)[C@@]2(C)[C@@H](OC(C)=O)C[C@H]1OC(=O)CC)OC(=O)[C@@H]3C. The third-order valence-corrected chi connectivity index (χ3v) is 8.51. The fourth-order valence-electron chi connectivity index (χ4n) is 6.41. The Morgan fingerprint density at radius 3 is 2.17 bits per heavy atom. The van der Waals surface area contributed by atoms with Crippen molar-refractivity contribution in [2.24, 2.45) is 17.3 Å². The van der Waals surface area contributed by atoms with Gasteiger partial charge in [-0.1, -0.05) is 26.0 Å². The zero-order chi connectivity index (χ0) is 30.2. The number of esters is 5. The van der Waals surface area contributed by atoms with E-state index in [0.29, 0.717) is 6.42 Å². The van der Waals surface area contributed by atoms with Crippen LogP contribution in [0.25, 0.3) is 0 Å². The van der Waals surface area contributed by atoms with E-state index in [4.69, 9.17) is 23.7 Å². The van der Waals surface area contributed by atoms with Crippen molar-refractivity contribution in [1.82, 2.24) is 0 Å². The molecule has 1 saturated heterocycles. The van der Waals surface area contributed by atoms with Gasteiger partial charge in [0.05, 0.1) is 11.3 Å². The van der Waals surface area contributed by atoms with Crippen LogP contribution in [-0.4, -0.2) is 71.1 Å². The predicted molar refractivity (Wildman–Crippen MR) is 139 cm³/mol. The third kappa shape index (κ3) is 5.66. The number of ether oxygens (including phenoxy) is 5. The highest BCUT2D eigenvalue weighted by atomic mass is 16.6. The molecule has 0 aromatic carbocycles. The summed E-state index contributed by atoms with van der Waals surface area (Å²) in [4.78, 5) is 62.7. The van der Waals surface area contributed by atoms with Gasteiger partial charge < -0.3 is 28.8 Å². The van der Waals surface area contributed by atoms with E-state index in [-0.39, 0.29) is 24.8 Å². The van der Waals surface area contributed by atoms with Crippen LogP contribution in [0.2, 0.25) is 0 Å². The first-order valence-corrected chi connectivity index (χ1v) is 13.6. The van der Waals surface area contributed by atoms with Crippen molar-refractivity contribution in [2.75, 3.05) is 0 Å². The summed E-state index contributed by atoms with van der Waals surface area (Å²) in [6.07, 6.45) is -3.35. The quantitative estimate of drug-likeness (QED) is 0.298. The fourth-order valence-corrected chi connectivity index (χ4v) is 6.41. The second kappa shape index (κ2) is 11.7. The van der Waals surface area contributed by atoms with Gasteiger partial charge in [0.2, 0.25) is 0 Å². The van der Waals surface area contributed by atoms with Crippen molar-refractivity contribution in [3.63, 3.8) is 0 Å². The number of fused-ring (bicyclic) bond motifs is 2. The number of rotatable bonds is 5. The summed E-state index contributed by atoms with van der Waals surface area (Å²) in [7, 11) is 0. The monoisotopic (exact) mass is 564 g/mol. The second-order valence-electron chi connectivity index (χ2n) is 11.2. The minimum Gasteiger partial charge on any atom is -0.462 e. The molecule has 3 aliphatic rings. The average molecular weight is 565 g/mol. The molecule has 0 aromatic rings. The molecule has 0 amide bonds. The molecule has 3 rings (SSSR count). The van der Waals surface area contributed by atoms with Crippen molar-refractivity contribution in [2.45, 2.75) is 110 Å². The largest absolute Gasteiger partial charge is 0.462 e. The molecule has 0 radical (unpaired) electrons. The Bertz CT molecular complexity index is 1110. The van der Waals surface area contributed by atoms with Crippen LogP contribution >= 0.6 is 0 Å². The maximum absolute atomic E-state index is 12.9. The normalized spacial score (nSPS) is 38.9. The van der Waals surface area contributed by atoms with Gasteiger partial charge in [-0.2, -0.15) is 0 Å². The van der Waals surface area contributed by atoms with Crippen LogP contribution in [0.5, 0.6) is 0 Å². The Kier molecular flexibility index (Phi) is 9.18. The van der Waals surface area contributed by atoms with Gasteiger partial charge in [0.1, 0.15) is 24.4 Å². The molecule has 0 unspecified atom stereocenters. The molecular weight excluding hydrogens is 524 g/mol. The molecule has 0 bridgehead atoms. The summed E-state index contributed by atoms with van der Waals surface area (Å²) < 4.78 is 28.8. The van der Waals surface area contributed by atoms with E-state index >= 15 is 0 Å². The number of aliphatic hydroxyl groups is 1. The molecule has 1 heterocycles. The van der Waals surface area contributed by atoms with E-state index in [1.165, 1.54) is 20.8 Å². The highest BCUT2D eigenvalue weighted by molar-refractivity contribution is 5.78. The van der Waals surface area contributed by atoms with Crippen LogP contribution in [-0.2, 0) is 47.7 Å². The molecule has 40 heavy (non-hydrogen) atoms. The Morgan fingerprint density at radius 2 is 1.62 bits per heavy atom. The van der Waals surface area contributed by atoms with E-state index in [9.17, 15) is 29.1 Å². The van der Waals surface area contributed by atoms with Crippen LogP contribution in [0.4, 0.5) is 0 Å². The molecule has 222 valence electrons. The zero-order valence-corrected chi connectivity index (χ0v) is 24.2. The van der Waals surface area contributed by atoms with E-state index < -0.39 is 83.2 Å². The smallest absolute Gasteiger partial charge is 0.312 e. The van der Waals surface area contributed by atoms with Crippen molar-refractivity contribution in [3.05, 3.63) is 23.8 Å². The average Bonchev–Trinajstić information content (AvgIpc) is 3.06. The number of carbonyl (C=O) groups excluding carboxylic acids is 5. The molecule has 9 atom stereocenters. The van der Waals surface area contributed by atoms with E-state index in [2.05, 4.69) is 6.58 Å². The van der Waals surface area contributed by atoms with Gasteiger partial charge in [-0.05, 0) is 38.3 Å². The molecule has 0 aromatic heterocycles. The number of allylic oxidation sites excluding steroid dienone is 1. The molecule has 0 spiro atoms. The highest BCUT2D eigenvalue weighted by Crippen LogP contribution is 2.56. The molecule has 1 aliphatic heterocycles. The van der Waals surface area contributed by atoms with Crippen molar-refractivity contribution in [1.29, 1.82) is 0 Å². The number of carbonyl (C=O) groups is 5. The highest BCUT2D eigenvalue weighted by Gasteiger charge is 2.68. The molecule has 11 nitrogen and oxygen atoms in total. The van der Waals surface area contributed by atoms with Gasteiger partial charge in [0.25, 0.3) is 0 Å². The standard InChI is InChI=1S/C29H40O11/c1-9-24(33)39-20-13-22(37-18(6)31)28(8)21(36-17(5)30)11-10-14(2)12-23-29(35,16(4)27(34)40-23)26(38-19(7)32)25(28)15(20)3/h12,16,20-23,25-26,35H,3,9-11,13H2,1-2,4-8H3/b14-12-/t16-,20+,21-,22-,23-,25+,26-,28-,29+/m0/s1. The second-order valence-corrected chi connectivity index (χ2v) is 11.2. The summed E-state index contributed by atoms with van der Waals surface area (Å²) in [5.41, 5.74) is -2.46. The van der Waals surface area contributed by atoms with Crippen LogP contribution < -0.4 is 0 Å². The minimum atomic E-state index is -2.10. The minimum absolute atomic E-state index is 0.0105. The van der Waals surface area contributed by atoms with Gasteiger partial charge >= 0.3 is 29.8 Å². The fraction of sp³-hybridized carbons (Fsp3) is 0.690. The van der Waals surface area contributed by atoms with Gasteiger partial charge in [-0.25, -0.2) is 0 Å². The topological polar surface area (TPSA) is 152 Å². The van der Waals surface area contributed by atoms with Crippen molar-refractivity contribution < 1.29 is 52.8 Å². The van der Waals surface area contributed by atoms with E-state index in [0.717, 1.165) is 12.5 Å². The van der Waals surface area contributed by atoms with Crippen LogP contribution in [0.1, 0.15) is 74.1 Å². The molecule has 1 saturated carbocycles. The Morgan fingerprint density at radius 1 is 1.05 bits per heavy atom. The maximum atomic E-state index is 12.9. The zero-order valence-electron chi connectivity index (χ0n) is 24.2. The Balaban J connectivity index is 2.39. The first kappa shape index (κ1) is 31.3. The number of hydrogen-bond acceptors (Lipinski definition) is 11. The van der Waals surface area contributed by atoms with Gasteiger partial charge in [-0.3, -0.25) is 24.0 Å². The van der Waals surface area contributed by atoms with Crippen molar-refractivity contribution in [3.8, 4) is 0 Å². The molecule has 2 fully saturated rings. The Labute approximate surface area is 234 Å². The lowest BCUT2D eigenvalue weighted by Gasteiger charge is -2.56. The summed E-state index contributed by atoms with van der Waals surface area (Å²) in [6, 6.07) is 0. The summed E-state index contributed by atoms with van der Waals surface area (Å²) in [5, 5.41) is 12.4. The Hall–Kier alpha value is -3.21. The molecule has 1 N–H and O–H groups in total. The van der Waals surface area contributed by atoms with Crippen LogP contribution in [0.3, 0.4) is 0 Å². The summed E-state index contributed by atoms with van der Waals surface area (Å²) in [6.45, 7) is 14.4. The lowest BCUT2D eigenvalue weighted by atomic mass is 9.54. The summed E-state index contributed by atoms with van der Waals surface area (Å²) in [5.74, 6) is -5.51. The van der Waals surface area contributed by atoms with Gasteiger partial charge in [0.15, 0.2) is 11.7 Å². The molecule has 11 heteroatoms. The first-order chi connectivity index (χ1) is 18.6. The summed E-state index contributed by atoms with van der Waals surface area (Å²) >= 11 is 0. The first-order valence-electron chi connectivity index (χ1n) is 13.6. The van der Waals surface area contributed by atoms with Gasteiger partial charge in [-0.15, -0.1) is 0 Å². The third-order valence-electron chi connectivity index (χ3n) is 8.51. The number of hydrogen-bond donors (Lipinski definition) is 1. The molecular formula is C29H40O11. The lowest BCUT2D eigenvalue weighted by Crippen LogP contribution is -2.67. The maximum Gasteiger partial charge on any atom is 0.312 e. The van der Waals surface area contributed by atoms with Crippen LogP contribution in [0.15, 0.2) is 23.8 Å². The van der Waals surface area contributed by atoms with E-state index in [1.54, 1.807) is 26.8 Å². The van der Waals surface area contributed by atoms with Gasteiger partial charge in [0, 0.05) is 39.5 Å². The van der Waals surface area contributed by atoms with Crippen LogP contribution in [0, 0.1) is 17.3 Å². The van der Waals surface area contributed by atoms with Crippen molar-refractivity contribution >= 4 is 29.8 Å².